The summed E-state index contributed by atoms with van der Waals surface area (Å²) in [5.41, 5.74) is 0. The number of anilines is 2. The molecule has 0 bridgehead atoms. The number of carbonyl (C=O) groups is 1. The van der Waals surface area contributed by atoms with Crippen LogP contribution in [0.3, 0.4) is 0 Å². The SMILES string of the molecule is CNC(=O)CCN(C)c1cc(NC)nc(C)n1. The lowest BCUT2D eigenvalue weighted by atomic mass is 10.3. The lowest BCUT2D eigenvalue weighted by molar-refractivity contribution is -0.120. The average Bonchev–Trinajstić information content (AvgIpc) is 2.34. The molecule has 1 aromatic rings. The third-order valence-corrected chi connectivity index (χ3v) is 2.42. The van der Waals surface area contributed by atoms with Crippen molar-refractivity contribution in [2.45, 2.75) is 13.3 Å². The van der Waals surface area contributed by atoms with Crippen LogP contribution in [0, 0.1) is 6.92 Å². The van der Waals surface area contributed by atoms with Crippen molar-refractivity contribution in [2.75, 3.05) is 37.9 Å². The molecule has 1 heterocycles. The Morgan fingerprint density at radius 2 is 2.12 bits per heavy atom. The van der Waals surface area contributed by atoms with Crippen LogP contribution in [0.4, 0.5) is 11.6 Å². The van der Waals surface area contributed by atoms with Gasteiger partial charge in [-0.1, -0.05) is 0 Å². The molecule has 94 valence electrons. The molecule has 6 heteroatoms. The standard InChI is InChI=1S/C11H19N5O/c1-8-14-9(12-2)7-10(15-8)16(4)6-5-11(17)13-3/h7H,5-6H2,1-4H3,(H,13,17)(H,12,14,15). The first kappa shape index (κ1) is 13.2. The molecule has 2 N–H and O–H groups in total. The van der Waals surface area contributed by atoms with Gasteiger partial charge in [0.05, 0.1) is 0 Å². The number of amides is 1. The minimum atomic E-state index is 0.0245. The van der Waals surface area contributed by atoms with Gasteiger partial charge in [-0.3, -0.25) is 4.79 Å². The number of hydrogen-bond donors (Lipinski definition) is 2. The van der Waals surface area contributed by atoms with E-state index in [2.05, 4.69) is 20.6 Å². The van der Waals surface area contributed by atoms with E-state index < -0.39 is 0 Å². The second-order valence-electron chi connectivity index (χ2n) is 3.75. The van der Waals surface area contributed by atoms with Gasteiger partial charge in [0.25, 0.3) is 0 Å². The zero-order chi connectivity index (χ0) is 12.8. The summed E-state index contributed by atoms with van der Waals surface area (Å²) in [4.78, 5) is 21.6. The maximum atomic E-state index is 11.2. The van der Waals surface area contributed by atoms with Crippen LogP contribution < -0.4 is 15.5 Å². The van der Waals surface area contributed by atoms with Crippen molar-refractivity contribution in [1.29, 1.82) is 0 Å². The molecule has 1 amide bonds. The Kier molecular flexibility index (Phi) is 4.68. The topological polar surface area (TPSA) is 70.2 Å². The normalized spacial score (nSPS) is 9.88. The van der Waals surface area contributed by atoms with Crippen molar-refractivity contribution in [3.63, 3.8) is 0 Å². The largest absolute Gasteiger partial charge is 0.373 e. The highest BCUT2D eigenvalue weighted by molar-refractivity contribution is 5.76. The number of rotatable bonds is 5. The maximum Gasteiger partial charge on any atom is 0.221 e. The lowest BCUT2D eigenvalue weighted by Gasteiger charge is -2.18. The quantitative estimate of drug-likeness (QED) is 0.775. The fourth-order valence-corrected chi connectivity index (χ4v) is 1.38. The summed E-state index contributed by atoms with van der Waals surface area (Å²) in [5, 5.41) is 5.58. The predicted octanol–water partition coefficient (Wildman–Crippen LogP) is 0.399. The average molecular weight is 237 g/mol. The van der Waals surface area contributed by atoms with Gasteiger partial charge in [-0.25, -0.2) is 9.97 Å². The van der Waals surface area contributed by atoms with Crippen LogP contribution in [-0.4, -0.2) is 43.6 Å². The summed E-state index contributed by atoms with van der Waals surface area (Å²) in [7, 11) is 5.36. The number of hydrogen-bond acceptors (Lipinski definition) is 5. The minimum absolute atomic E-state index is 0.0245. The van der Waals surface area contributed by atoms with Gasteiger partial charge in [-0.05, 0) is 6.92 Å². The highest BCUT2D eigenvalue weighted by Crippen LogP contribution is 2.14. The van der Waals surface area contributed by atoms with Gasteiger partial charge in [-0.2, -0.15) is 0 Å². The van der Waals surface area contributed by atoms with Crippen molar-refractivity contribution in [3.05, 3.63) is 11.9 Å². The molecule has 0 saturated carbocycles. The Morgan fingerprint density at radius 3 is 2.71 bits per heavy atom. The van der Waals surface area contributed by atoms with E-state index in [0.717, 1.165) is 11.6 Å². The second-order valence-corrected chi connectivity index (χ2v) is 3.75. The fraction of sp³-hybridized carbons (Fsp3) is 0.545. The number of nitrogens with one attached hydrogen (secondary N) is 2. The Hall–Kier alpha value is -1.85. The molecule has 0 aliphatic heterocycles. The van der Waals surface area contributed by atoms with E-state index in [0.29, 0.717) is 18.8 Å². The van der Waals surface area contributed by atoms with Crippen LogP contribution in [0.15, 0.2) is 6.07 Å². The van der Waals surface area contributed by atoms with E-state index in [-0.39, 0.29) is 5.91 Å². The third kappa shape index (κ3) is 3.90. The zero-order valence-corrected chi connectivity index (χ0v) is 10.7. The summed E-state index contributed by atoms with van der Waals surface area (Å²) in [6.07, 6.45) is 0.449. The van der Waals surface area contributed by atoms with Gasteiger partial charge in [0, 0.05) is 40.2 Å². The molecule has 0 aromatic carbocycles. The molecule has 0 atom stereocenters. The van der Waals surface area contributed by atoms with Gasteiger partial charge in [0.15, 0.2) is 0 Å². The highest BCUT2D eigenvalue weighted by Gasteiger charge is 2.07. The molecule has 0 radical (unpaired) electrons. The Bertz CT molecular complexity index is 393. The summed E-state index contributed by atoms with van der Waals surface area (Å²) >= 11 is 0. The van der Waals surface area contributed by atoms with Crippen LogP contribution in [0.1, 0.15) is 12.2 Å². The van der Waals surface area contributed by atoms with Gasteiger partial charge < -0.3 is 15.5 Å². The number of nitrogens with zero attached hydrogens (tertiary/aromatic N) is 3. The molecule has 17 heavy (non-hydrogen) atoms. The maximum absolute atomic E-state index is 11.2. The van der Waals surface area contributed by atoms with E-state index in [1.807, 2.05) is 32.0 Å². The highest BCUT2D eigenvalue weighted by atomic mass is 16.1. The predicted molar refractivity (Wildman–Crippen MR) is 68.3 cm³/mol. The zero-order valence-electron chi connectivity index (χ0n) is 10.7. The van der Waals surface area contributed by atoms with Crippen molar-refractivity contribution in [1.82, 2.24) is 15.3 Å². The fourth-order valence-electron chi connectivity index (χ4n) is 1.38. The molecule has 6 nitrogen and oxygen atoms in total. The second kappa shape index (κ2) is 6.03. The third-order valence-electron chi connectivity index (χ3n) is 2.42. The van der Waals surface area contributed by atoms with Crippen molar-refractivity contribution >= 4 is 17.5 Å². The summed E-state index contributed by atoms with van der Waals surface area (Å²) < 4.78 is 0. The Balaban J connectivity index is 2.71. The molecular formula is C11H19N5O. The lowest BCUT2D eigenvalue weighted by Crippen LogP contribution is -2.27. The van der Waals surface area contributed by atoms with E-state index >= 15 is 0 Å². The van der Waals surface area contributed by atoms with Gasteiger partial charge in [0.1, 0.15) is 17.5 Å². The van der Waals surface area contributed by atoms with E-state index in [1.54, 1.807) is 7.05 Å². The van der Waals surface area contributed by atoms with Crippen molar-refractivity contribution in [2.24, 2.45) is 0 Å². The van der Waals surface area contributed by atoms with E-state index in [1.165, 1.54) is 0 Å². The van der Waals surface area contributed by atoms with Crippen LogP contribution in [0.2, 0.25) is 0 Å². The first-order chi connectivity index (χ1) is 8.06. The molecule has 0 fully saturated rings. The summed E-state index contributed by atoms with van der Waals surface area (Å²) in [5.74, 6) is 2.32. The first-order valence-electron chi connectivity index (χ1n) is 5.52. The molecule has 1 aromatic heterocycles. The Morgan fingerprint density at radius 1 is 1.41 bits per heavy atom. The minimum Gasteiger partial charge on any atom is -0.373 e. The number of aromatic nitrogens is 2. The molecule has 0 spiro atoms. The van der Waals surface area contributed by atoms with Crippen LogP contribution >= 0.6 is 0 Å². The van der Waals surface area contributed by atoms with Crippen molar-refractivity contribution < 1.29 is 4.79 Å². The Labute approximate surface area is 101 Å². The summed E-state index contributed by atoms with van der Waals surface area (Å²) in [6, 6.07) is 1.86. The van der Waals surface area contributed by atoms with Crippen LogP contribution in [0.5, 0.6) is 0 Å². The van der Waals surface area contributed by atoms with Gasteiger partial charge >= 0.3 is 0 Å². The smallest absolute Gasteiger partial charge is 0.221 e. The monoisotopic (exact) mass is 237 g/mol. The van der Waals surface area contributed by atoms with Crippen molar-refractivity contribution in [3.8, 4) is 0 Å². The molecule has 1 rings (SSSR count). The number of carbonyl (C=O) groups excluding carboxylic acids is 1. The van der Waals surface area contributed by atoms with Crippen LogP contribution in [-0.2, 0) is 4.79 Å². The number of aryl methyl sites for hydroxylation is 1. The van der Waals surface area contributed by atoms with E-state index in [9.17, 15) is 4.79 Å². The molecular weight excluding hydrogens is 218 g/mol. The van der Waals surface area contributed by atoms with Gasteiger partial charge in [-0.15, -0.1) is 0 Å². The first-order valence-corrected chi connectivity index (χ1v) is 5.52. The van der Waals surface area contributed by atoms with E-state index in [4.69, 9.17) is 0 Å². The molecule has 0 aliphatic carbocycles. The molecule has 0 unspecified atom stereocenters. The molecule has 0 aliphatic rings. The summed E-state index contributed by atoms with van der Waals surface area (Å²) in [6.45, 7) is 2.47. The van der Waals surface area contributed by atoms with Gasteiger partial charge in [0.2, 0.25) is 5.91 Å². The van der Waals surface area contributed by atoms with Crippen LogP contribution in [0.25, 0.3) is 0 Å². The molecule has 0 saturated heterocycles.